The number of ketones is 1. The molecule has 4 rings (SSSR count). The van der Waals surface area contributed by atoms with E-state index in [1.165, 1.54) is 11.0 Å². The van der Waals surface area contributed by atoms with Gasteiger partial charge in [0.15, 0.2) is 11.9 Å². The molecule has 2 aliphatic heterocycles. The van der Waals surface area contributed by atoms with E-state index in [2.05, 4.69) is 5.32 Å². The van der Waals surface area contributed by atoms with Gasteiger partial charge in [-0.1, -0.05) is 17.7 Å². The zero-order valence-electron chi connectivity index (χ0n) is 18.8. The topological polar surface area (TPSA) is 112 Å². The summed E-state index contributed by atoms with van der Waals surface area (Å²) < 4.78 is 25.5. The molecule has 2 amide bonds. The van der Waals surface area contributed by atoms with Crippen LogP contribution in [0.1, 0.15) is 34.9 Å². The highest BCUT2D eigenvalue weighted by Gasteiger charge is 2.35. The molecular formula is C24H25ClFN3O6. The second kappa shape index (κ2) is 11.2. The molecule has 2 heterocycles. The number of anilines is 1. The summed E-state index contributed by atoms with van der Waals surface area (Å²) in [7, 11) is 0. The summed E-state index contributed by atoms with van der Waals surface area (Å²) in [5.41, 5.74) is 1.08. The predicted octanol–water partition coefficient (Wildman–Crippen LogP) is 2.04. The average molecular weight is 506 g/mol. The van der Waals surface area contributed by atoms with Crippen LogP contribution < -0.4 is 15.3 Å². The van der Waals surface area contributed by atoms with Crippen LogP contribution >= 0.6 is 11.6 Å². The Morgan fingerprint density at radius 3 is 2.66 bits per heavy atom. The number of hydroxylamine groups is 2. The van der Waals surface area contributed by atoms with Gasteiger partial charge in [-0.25, -0.2) is 14.0 Å². The third kappa shape index (κ3) is 6.22. The maximum atomic E-state index is 14.7. The molecule has 0 spiro atoms. The van der Waals surface area contributed by atoms with Gasteiger partial charge >= 0.3 is 12.0 Å². The van der Waals surface area contributed by atoms with Crippen molar-refractivity contribution in [2.24, 2.45) is 0 Å². The maximum Gasteiger partial charge on any atom is 0.414 e. The van der Waals surface area contributed by atoms with E-state index in [4.69, 9.17) is 21.1 Å². The van der Waals surface area contributed by atoms with Gasteiger partial charge in [-0.2, -0.15) is 0 Å². The first-order chi connectivity index (χ1) is 16.8. The Morgan fingerprint density at radius 2 is 1.97 bits per heavy atom. The Morgan fingerprint density at radius 1 is 1.20 bits per heavy atom. The maximum absolute atomic E-state index is 14.7. The van der Waals surface area contributed by atoms with Crippen LogP contribution in [0.2, 0.25) is 5.02 Å². The summed E-state index contributed by atoms with van der Waals surface area (Å²) in [6.45, 7) is 1.37. The van der Waals surface area contributed by atoms with Crippen molar-refractivity contribution in [1.82, 2.24) is 5.32 Å². The lowest BCUT2D eigenvalue weighted by molar-refractivity contribution is -0.769. The number of Topliss-reactive ketones (excluding diaryl/α,β-unsaturated/α-hetero) is 1. The molecule has 2 saturated heterocycles. The average Bonchev–Trinajstić information content (AvgIpc) is 3.22. The van der Waals surface area contributed by atoms with Gasteiger partial charge in [0, 0.05) is 35.7 Å². The molecule has 2 aromatic rings. The molecule has 2 unspecified atom stereocenters. The highest BCUT2D eigenvalue weighted by molar-refractivity contribution is 6.30. The van der Waals surface area contributed by atoms with E-state index in [1.807, 2.05) is 0 Å². The quantitative estimate of drug-likeness (QED) is 0.417. The zero-order valence-corrected chi connectivity index (χ0v) is 19.6. The highest BCUT2D eigenvalue weighted by Crippen LogP contribution is 2.28. The van der Waals surface area contributed by atoms with Crippen LogP contribution in [0.25, 0.3) is 0 Å². The van der Waals surface area contributed by atoms with Crippen LogP contribution in [-0.4, -0.2) is 56.7 Å². The van der Waals surface area contributed by atoms with Gasteiger partial charge in [0.1, 0.15) is 12.4 Å². The number of cyclic esters (lactones) is 1. The lowest BCUT2D eigenvalue weighted by Crippen LogP contribution is -3.11. The standard InChI is InChI=1S/C24H25ClFN3O6/c25-16-3-1-15(2-4-16)21(30)7-8-23(31)29(33)14-18-13-28(24(32)35-18)17-5-6-19(20(26)11-17)22-12-27-9-10-34-22/h1-6,11,18,22,27,29H,7-10,12-14H2/t18-,22?/m0/s1. The van der Waals surface area contributed by atoms with Crippen LogP contribution in [-0.2, 0) is 14.3 Å². The Balaban J connectivity index is 1.29. The van der Waals surface area contributed by atoms with Crippen molar-refractivity contribution in [3.8, 4) is 0 Å². The minimum absolute atomic E-state index is 0.00181. The number of ether oxygens (including phenoxy) is 2. The van der Waals surface area contributed by atoms with Gasteiger partial charge in [-0.05, 0) is 36.4 Å². The van der Waals surface area contributed by atoms with E-state index in [0.29, 0.717) is 35.8 Å². The van der Waals surface area contributed by atoms with Crippen molar-refractivity contribution in [1.29, 1.82) is 0 Å². The monoisotopic (exact) mass is 505 g/mol. The first-order valence-corrected chi connectivity index (χ1v) is 11.6. The molecule has 2 aromatic carbocycles. The number of hydrogen-bond acceptors (Lipinski definition) is 7. The van der Waals surface area contributed by atoms with Gasteiger partial charge in [0.05, 0.1) is 31.4 Å². The number of quaternary nitrogens is 1. The largest absolute Gasteiger partial charge is 0.627 e. The van der Waals surface area contributed by atoms with Gasteiger partial charge in [-0.3, -0.25) is 9.69 Å². The minimum atomic E-state index is -0.848. The third-order valence-electron chi connectivity index (χ3n) is 5.91. The summed E-state index contributed by atoms with van der Waals surface area (Å²) in [6.07, 6.45) is -2.34. The second-order valence-electron chi connectivity index (χ2n) is 8.37. The number of morpholine rings is 1. The van der Waals surface area contributed by atoms with Gasteiger partial charge in [0.2, 0.25) is 0 Å². The molecule has 186 valence electrons. The van der Waals surface area contributed by atoms with Gasteiger partial charge < -0.3 is 25.1 Å². The normalized spacial score (nSPS) is 21.0. The number of benzene rings is 2. The summed E-state index contributed by atoms with van der Waals surface area (Å²) >= 11 is 5.80. The number of nitrogens with one attached hydrogen (secondary N) is 2. The van der Waals surface area contributed by atoms with Crippen LogP contribution in [0.4, 0.5) is 14.9 Å². The minimum Gasteiger partial charge on any atom is -0.627 e. The summed E-state index contributed by atoms with van der Waals surface area (Å²) in [5.74, 6) is -1.50. The van der Waals surface area contributed by atoms with Crippen molar-refractivity contribution in [2.75, 3.05) is 37.7 Å². The molecule has 0 bridgehead atoms. The lowest BCUT2D eigenvalue weighted by Gasteiger charge is -2.25. The van der Waals surface area contributed by atoms with Crippen molar-refractivity contribution < 1.29 is 33.3 Å². The van der Waals surface area contributed by atoms with E-state index in [0.717, 1.165) is 0 Å². The van der Waals surface area contributed by atoms with Crippen molar-refractivity contribution >= 4 is 35.1 Å². The van der Waals surface area contributed by atoms with Crippen molar-refractivity contribution in [2.45, 2.75) is 25.0 Å². The molecule has 3 atom stereocenters. The molecule has 0 aromatic heterocycles. The molecule has 2 fully saturated rings. The van der Waals surface area contributed by atoms with Gasteiger partial charge in [0.25, 0.3) is 0 Å². The Hall–Kier alpha value is -2.89. The van der Waals surface area contributed by atoms with Crippen molar-refractivity contribution in [3.63, 3.8) is 0 Å². The molecule has 0 aliphatic carbocycles. The van der Waals surface area contributed by atoms with E-state index >= 15 is 0 Å². The fourth-order valence-electron chi connectivity index (χ4n) is 4.02. The van der Waals surface area contributed by atoms with Gasteiger partial charge in [-0.15, -0.1) is 0 Å². The summed E-state index contributed by atoms with van der Waals surface area (Å²) in [5, 5.41) is 15.2. The number of nitrogens with zero attached hydrogens (tertiary/aromatic N) is 1. The molecular weight excluding hydrogens is 481 g/mol. The molecule has 0 saturated carbocycles. The summed E-state index contributed by atoms with van der Waals surface area (Å²) in [4.78, 5) is 38.0. The number of amides is 2. The molecule has 2 aliphatic rings. The van der Waals surface area contributed by atoms with Crippen LogP contribution in [0, 0.1) is 11.0 Å². The number of rotatable bonds is 8. The third-order valence-corrected chi connectivity index (χ3v) is 6.17. The molecule has 2 N–H and O–H groups in total. The van der Waals surface area contributed by atoms with Crippen LogP contribution in [0.3, 0.4) is 0 Å². The fourth-order valence-corrected chi connectivity index (χ4v) is 4.14. The number of carbonyl (C=O) groups excluding carboxylic acids is 3. The molecule has 35 heavy (non-hydrogen) atoms. The molecule has 0 radical (unpaired) electrons. The molecule has 9 nitrogen and oxygen atoms in total. The van der Waals surface area contributed by atoms with E-state index < -0.39 is 35.1 Å². The van der Waals surface area contributed by atoms with E-state index in [9.17, 15) is 24.0 Å². The predicted molar refractivity (Wildman–Crippen MR) is 125 cm³/mol. The van der Waals surface area contributed by atoms with E-state index in [-0.39, 0.29) is 37.4 Å². The second-order valence-corrected chi connectivity index (χ2v) is 8.80. The zero-order chi connectivity index (χ0) is 24.9. The Kier molecular flexibility index (Phi) is 8.09. The number of carbonyl (C=O) groups is 3. The van der Waals surface area contributed by atoms with Crippen LogP contribution in [0.5, 0.6) is 0 Å². The van der Waals surface area contributed by atoms with Crippen LogP contribution in [0.15, 0.2) is 42.5 Å². The highest BCUT2D eigenvalue weighted by atomic mass is 35.5. The first kappa shape index (κ1) is 25.2. The first-order valence-electron chi connectivity index (χ1n) is 11.3. The summed E-state index contributed by atoms with van der Waals surface area (Å²) in [6, 6.07) is 10.6. The fraction of sp³-hybridized carbons (Fsp3) is 0.375. The number of hydrogen-bond donors (Lipinski definition) is 2. The number of halogens is 2. The van der Waals surface area contributed by atoms with Crippen molar-refractivity contribution in [3.05, 3.63) is 69.6 Å². The SMILES string of the molecule is O=C(CCC(=O)[NH+]([O-])C[C@@H]1CN(c2ccc(C3CNCCO3)c(F)c2)C(=O)O1)c1ccc(Cl)cc1. The molecule has 11 heteroatoms. The lowest BCUT2D eigenvalue weighted by atomic mass is 10.1. The van der Waals surface area contributed by atoms with E-state index in [1.54, 1.807) is 36.4 Å². The smallest absolute Gasteiger partial charge is 0.414 e. The Labute approximate surface area is 206 Å². The Bertz CT molecular complexity index is 1090.